The van der Waals surface area contributed by atoms with Gasteiger partial charge in [0.15, 0.2) is 11.6 Å². The number of rotatable bonds is 3. The standard InChI is InChI=1S/C17H22F2N2/c1-17(7-3-8-20-17)12-21-9-2-4-14(11-21)13-5-6-15(18)16(19)10-13/h3,5-7,10,14,20H,2,4,8-9,11-12H2,1H3. The van der Waals surface area contributed by atoms with Crippen LogP contribution in [0.25, 0.3) is 0 Å². The predicted molar refractivity (Wildman–Crippen MR) is 80.3 cm³/mol. The fraction of sp³-hybridized carbons (Fsp3) is 0.529. The van der Waals surface area contributed by atoms with E-state index in [1.807, 2.05) is 0 Å². The van der Waals surface area contributed by atoms with Crippen molar-refractivity contribution in [2.24, 2.45) is 0 Å². The van der Waals surface area contributed by atoms with E-state index >= 15 is 0 Å². The van der Waals surface area contributed by atoms with Crippen LogP contribution in [0.1, 0.15) is 31.2 Å². The zero-order valence-corrected chi connectivity index (χ0v) is 12.4. The second kappa shape index (κ2) is 5.85. The first kappa shape index (κ1) is 14.7. The highest BCUT2D eigenvalue weighted by Crippen LogP contribution is 2.29. The number of benzene rings is 1. The van der Waals surface area contributed by atoms with Crippen molar-refractivity contribution in [3.63, 3.8) is 0 Å². The van der Waals surface area contributed by atoms with Crippen molar-refractivity contribution in [2.45, 2.75) is 31.2 Å². The average Bonchev–Trinajstić information content (AvgIpc) is 2.88. The third-order valence-electron chi connectivity index (χ3n) is 4.58. The smallest absolute Gasteiger partial charge is 0.159 e. The molecule has 21 heavy (non-hydrogen) atoms. The summed E-state index contributed by atoms with van der Waals surface area (Å²) >= 11 is 0. The second-order valence-electron chi connectivity index (χ2n) is 6.45. The predicted octanol–water partition coefficient (Wildman–Crippen LogP) is 3.06. The Hall–Kier alpha value is -1.26. The summed E-state index contributed by atoms with van der Waals surface area (Å²) < 4.78 is 26.5. The zero-order valence-electron chi connectivity index (χ0n) is 12.4. The number of hydrogen-bond donors (Lipinski definition) is 1. The van der Waals surface area contributed by atoms with Gasteiger partial charge < -0.3 is 10.2 Å². The van der Waals surface area contributed by atoms with Gasteiger partial charge >= 0.3 is 0 Å². The monoisotopic (exact) mass is 292 g/mol. The molecule has 4 heteroatoms. The lowest BCUT2D eigenvalue weighted by Crippen LogP contribution is -2.49. The molecule has 0 saturated carbocycles. The van der Waals surface area contributed by atoms with E-state index in [1.165, 1.54) is 12.1 Å². The van der Waals surface area contributed by atoms with Crippen LogP contribution in [-0.2, 0) is 0 Å². The maximum absolute atomic E-state index is 13.4. The van der Waals surface area contributed by atoms with E-state index in [0.717, 1.165) is 44.6 Å². The molecule has 2 heterocycles. The third kappa shape index (κ3) is 3.33. The SMILES string of the molecule is CC1(CN2CCCC(c3ccc(F)c(F)c3)C2)C=CCN1. The van der Waals surface area contributed by atoms with Crippen LogP contribution in [-0.4, -0.2) is 36.6 Å². The van der Waals surface area contributed by atoms with Crippen LogP contribution in [0.15, 0.2) is 30.4 Å². The lowest BCUT2D eigenvalue weighted by molar-refractivity contribution is 0.174. The largest absolute Gasteiger partial charge is 0.304 e. The van der Waals surface area contributed by atoms with Crippen molar-refractivity contribution in [1.29, 1.82) is 0 Å². The van der Waals surface area contributed by atoms with E-state index in [4.69, 9.17) is 0 Å². The minimum absolute atomic E-state index is 0.0376. The second-order valence-corrected chi connectivity index (χ2v) is 6.45. The summed E-state index contributed by atoms with van der Waals surface area (Å²) in [7, 11) is 0. The van der Waals surface area contributed by atoms with Gasteiger partial charge in [-0.3, -0.25) is 0 Å². The van der Waals surface area contributed by atoms with E-state index in [0.29, 0.717) is 5.92 Å². The zero-order chi connectivity index (χ0) is 14.9. The number of likely N-dealkylation sites (tertiary alicyclic amines) is 1. The molecule has 1 N–H and O–H groups in total. The van der Waals surface area contributed by atoms with Gasteiger partial charge in [-0.25, -0.2) is 8.78 Å². The molecule has 2 aliphatic heterocycles. The quantitative estimate of drug-likeness (QED) is 0.861. The number of nitrogens with zero attached hydrogens (tertiary/aromatic N) is 1. The van der Waals surface area contributed by atoms with E-state index in [-0.39, 0.29) is 5.54 Å². The summed E-state index contributed by atoms with van der Waals surface area (Å²) in [5.74, 6) is -1.21. The van der Waals surface area contributed by atoms with Crippen molar-refractivity contribution in [3.05, 3.63) is 47.5 Å². The topological polar surface area (TPSA) is 15.3 Å². The van der Waals surface area contributed by atoms with Crippen molar-refractivity contribution < 1.29 is 8.78 Å². The molecule has 0 spiro atoms. The lowest BCUT2D eigenvalue weighted by atomic mass is 9.89. The molecule has 0 amide bonds. The van der Waals surface area contributed by atoms with Crippen LogP contribution in [0, 0.1) is 11.6 Å². The van der Waals surface area contributed by atoms with Crippen LogP contribution in [0.3, 0.4) is 0 Å². The molecule has 0 aromatic heterocycles. The Morgan fingerprint density at radius 2 is 2.19 bits per heavy atom. The van der Waals surface area contributed by atoms with Gasteiger partial charge in [-0.15, -0.1) is 0 Å². The fourth-order valence-electron chi connectivity index (χ4n) is 3.48. The van der Waals surface area contributed by atoms with Gasteiger partial charge in [0.2, 0.25) is 0 Å². The van der Waals surface area contributed by atoms with Crippen molar-refractivity contribution in [3.8, 4) is 0 Å². The minimum atomic E-state index is -0.765. The van der Waals surface area contributed by atoms with Gasteiger partial charge in [0.25, 0.3) is 0 Å². The summed E-state index contributed by atoms with van der Waals surface area (Å²) in [5.41, 5.74) is 0.953. The Bertz CT molecular complexity index is 544. The number of halogens is 2. The van der Waals surface area contributed by atoms with Crippen molar-refractivity contribution in [1.82, 2.24) is 10.2 Å². The van der Waals surface area contributed by atoms with Crippen LogP contribution < -0.4 is 5.32 Å². The average molecular weight is 292 g/mol. The number of hydrogen-bond acceptors (Lipinski definition) is 2. The summed E-state index contributed by atoms with van der Waals surface area (Å²) in [6.07, 6.45) is 6.54. The highest BCUT2D eigenvalue weighted by molar-refractivity contribution is 5.23. The first-order valence-corrected chi connectivity index (χ1v) is 7.66. The van der Waals surface area contributed by atoms with Crippen molar-refractivity contribution >= 4 is 0 Å². The molecule has 0 aliphatic carbocycles. The van der Waals surface area contributed by atoms with E-state index in [1.54, 1.807) is 6.07 Å². The molecule has 0 radical (unpaired) electrons. The molecule has 114 valence electrons. The molecule has 2 unspecified atom stereocenters. The Balaban J connectivity index is 1.67. The number of piperidine rings is 1. The Morgan fingerprint density at radius 1 is 1.33 bits per heavy atom. The highest BCUT2D eigenvalue weighted by atomic mass is 19.2. The van der Waals surface area contributed by atoms with Gasteiger partial charge in [-0.1, -0.05) is 18.2 Å². The summed E-state index contributed by atoms with van der Waals surface area (Å²) in [4.78, 5) is 2.43. The minimum Gasteiger partial charge on any atom is -0.304 e. The van der Waals surface area contributed by atoms with Gasteiger partial charge in [0, 0.05) is 25.2 Å². The Morgan fingerprint density at radius 3 is 2.90 bits per heavy atom. The van der Waals surface area contributed by atoms with Gasteiger partial charge in [0.1, 0.15) is 0 Å². The summed E-state index contributed by atoms with van der Waals surface area (Å²) in [6.45, 7) is 6.08. The molecule has 2 aliphatic rings. The Labute approximate surface area is 124 Å². The number of nitrogens with one attached hydrogen (secondary N) is 1. The first-order valence-electron chi connectivity index (χ1n) is 7.66. The molecular weight excluding hydrogens is 270 g/mol. The highest BCUT2D eigenvalue weighted by Gasteiger charge is 2.29. The first-order chi connectivity index (χ1) is 10.1. The van der Waals surface area contributed by atoms with Crippen molar-refractivity contribution in [2.75, 3.05) is 26.2 Å². The van der Waals surface area contributed by atoms with Crippen LogP contribution in [0.4, 0.5) is 8.78 Å². The van der Waals surface area contributed by atoms with Crippen LogP contribution >= 0.6 is 0 Å². The van der Waals surface area contributed by atoms with Crippen LogP contribution in [0.5, 0.6) is 0 Å². The van der Waals surface area contributed by atoms with E-state index in [2.05, 4.69) is 29.3 Å². The third-order valence-corrected chi connectivity index (χ3v) is 4.58. The molecule has 1 saturated heterocycles. The van der Waals surface area contributed by atoms with Crippen LogP contribution in [0.2, 0.25) is 0 Å². The molecule has 2 nitrogen and oxygen atoms in total. The normalized spacial score (nSPS) is 30.0. The Kier molecular flexibility index (Phi) is 4.09. The lowest BCUT2D eigenvalue weighted by Gasteiger charge is -2.37. The van der Waals surface area contributed by atoms with Gasteiger partial charge in [-0.2, -0.15) is 0 Å². The molecule has 1 aromatic rings. The molecule has 1 fully saturated rings. The summed E-state index contributed by atoms with van der Waals surface area (Å²) in [6, 6.07) is 4.33. The molecule has 1 aromatic carbocycles. The van der Waals surface area contributed by atoms with Gasteiger partial charge in [-0.05, 0) is 49.9 Å². The summed E-state index contributed by atoms with van der Waals surface area (Å²) in [5, 5.41) is 3.49. The maximum Gasteiger partial charge on any atom is 0.159 e. The molecule has 3 rings (SSSR count). The van der Waals surface area contributed by atoms with Gasteiger partial charge in [0.05, 0.1) is 0 Å². The molecule has 0 bridgehead atoms. The fourth-order valence-corrected chi connectivity index (χ4v) is 3.48. The van der Waals surface area contributed by atoms with E-state index < -0.39 is 11.6 Å². The maximum atomic E-state index is 13.4. The molecular formula is C17H22F2N2. The molecule has 2 atom stereocenters. The van der Waals surface area contributed by atoms with E-state index in [9.17, 15) is 8.78 Å².